The van der Waals surface area contributed by atoms with E-state index < -0.39 is 0 Å². The van der Waals surface area contributed by atoms with Crippen molar-refractivity contribution in [3.05, 3.63) is 222 Å². The molecular formula is C58H45N. The highest BCUT2D eigenvalue weighted by Crippen LogP contribution is 2.56. The molecule has 9 aromatic rings. The van der Waals surface area contributed by atoms with Crippen LogP contribution in [0.25, 0.3) is 66.4 Å². The highest BCUT2D eigenvalue weighted by atomic mass is 15.2. The first-order valence-corrected chi connectivity index (χ1v) is 20.8. The molecule has 1 aliphatic carbocycles. The number of fused-ring (bicyclic) bond motifs is 7. The zero-order chi connectivity index (χ0) is 39.9. The Morgan fingerprint density at radius 3 is 1.31 bits per heavy atom. The Kier molecular flexibility index (Phi) is 7.94. The van der Waals surface area contributed by atoms with Gasteiger partial charge < -0.3 is 4.90 Å². The summed E-state index contributed by atoms with van der Waals surface area (Å²) in [6, 6.07) is 74.3. The normalized spacial score (nSPS) is 14.3. The zero-order valence-electron chi connectivity index (χ0n) is 34.0. The molecule has 0 aromatic heterocycles. The topological polar surface area (TPSA) is 3.24 Å². The van der Waals surface area contributed by atoms with Gasteiger partial charge in [-0.2, -0.15) is 0 Å². The van der Waals surface area contributed by atoms with Crippen LogP contribution >= 0.6 is 0 Å². The van der Waals surface area contributed by atoms with E-state index in [4.69, 9.17) is 0 Å². The molecule has 0 radical (unpaired) electrons. The lowest BCUT2D eigenvalue weighted by Gasteiger charge is -2.43. The predicted molar refractivity (Wildman–Crippen MR) is 250 cm³/mol. The van der Waals surface area contributed by atoms with E-state index in [1.165, 1.54) is 106 Å². The molecular weight excluding hydrogens is 711 g/mol. The van der Waals surface area contributed by atoms with E-state index in [9.17, 15) is 0 Å². The minimum atomic E-state index is -0.272. The van der Waals surface area contributed by atoms with E-state index in [0.717, 1.165) is 0 Å². The Bertz CT molecular complexity index is 2930. The lowest BCUT2D eigenvalue weighted by molar-refractivity contribution is 0.632. The molecule has 1 aliphatic heterocycles. The number of nitrogens with zero attached hydrogens (tertiary/aromatic N) is 1. The molecule has 0 spiro atoms. The maximum Gasteiger partial charge on any atom is 0.0503 e. The van der Waals surface area contributed by atoms with E-state index in [1.807, 2.05) is 0 Å². The fourth-order valence-electron chi connectivity index (χ4n) is 9.98. The smallest absolute Gasteiger partial charge is 0.0503 e. The van der Waals surface area contributed by atoms with Gasteiger partial charge in [0.05, 0.1) is 11.4 Å². The molecule has 59 heavy (non-hydrogen) atoms. The lowest BCUT2D eigenvalue weighted by atomic mass is 9.72. The third kappa shape index (κ3) is 5.60. The first kappa shape index (κ1) is 35.2. The molecule has 1 heteroatoms. The standard InChI is InChI=1S/C58H45N/c1-57(2)50-32-27-44-17-11-12-18-48(44)56(50)49-31-30-47(37-51(49)57)59-54-33-28-45(42-23-19-40(20-24-42)38-13-7-5-8-14-38)35-52(54)58(3,4)53-36-46(29-34-55(53)59)43-25-21-41(22-26-43)39-15-9-6-10-16-39/h5-37H,1-4H3. The van der Waals surface area contributed by atoms with Gasteiger partial charge in [-0.25, -0.2) is 0 Å². The van der Waals surface area contributed by atoms with Crippen molar-refractivity contribution in [2.45, 2.75) is 38.5 Å². The molecule has 0 atom stereocenters. The SMILES string of the molecule is CC1(C)c2cc(-c3ccc(-c4ccccc4)cc3)ccc2N(c2ccc3c(c2)C(C)(C)c2ccc4ccccc4c2-3)c2ccc(-c3ccc(-c4ccccc4)cc3)cc21. The molecule has 0 saturated heterocycles. The molecule has 0 unspecified atom stereocenters. The van der Waals surface area contributed by atoms with Crippen molar-refractivity contribution in [1.82, 2.24) is 0 Å². The van der Waals surface area contributed by atoms with Gasteiger partial charge >= 0.3 is 0 Å². The Hall–Kier alpha value is -6.96. The Morgan fingerprint density at radius 2 is 0.763 bits per heavy atom. The monoisotopic (exact) mass is 755 g/mol. The van der Waals surface area contributed by atoms with E-state index >= 15 is 0 Å². The molecule has 11 rings (SSSR count). The van der Waals surface area contributed by atoms with Crippen molar-refractivity contribution >= 4 is 27.8 Å². The van der Waals surface area contributed by atoms with E-state index in [0.29, 0.717) is 0 Å². The summed E-state index contributed by atoms with van der Waals surface area (Å²) in [5.74, 6) is 0. The van der Waals surface area contributed by atoms with Crippen LogP contribution in [0.5, 0.6) is 0 Å². The first-order chi connectivity index (χ1) is 28.8. The van der Waals surface area contributed by atoms with Crippen LogP contribution < -0.4 is 4.90 Å². The molecule has 0 amide bonds. The number of benzene rings is 9. The molecule has 1 nitrogen and oxygen atoms in total. The van der Waals surface area contributed by atoms with Crippen molar-refractivity contribution in [2.75, 3.05) is 4.90 Å². The number of rotatable bonds is 5. The van der Waals surface area contributed by atoms with Crippen LogP contribution in [0, 0.1) is 0 Å². The molecule has 1 heterocycles. The summed E-state index contributed by atoms with van der Waals surface area (Å²) in [6.45, 7) is 9.59. The van der Waals surface area contributed by atoms with Gasteiger partial charge in [-0.1, -0.05) is 191 Å². The highest BCUT2D eigenvalue weighted by molar-refractivity contribution is 6.03. The first-order valence-electron chi connectivity index (χ1n) is 20.8. The van der Waals surface area contributed by atoms with E-state index in [-0.39, 0.29) is 10.8 Å². The van der Waals surface area contributed by atoms with Gasteiger partial charge in [-0.3, -0.25) is 0 Å². The number of hydrogen-bond acceptors (Lipinski definition) is 1. The summed E-state index contributed by atoms with van der Waals surface area (Å²) in [6.07, 6.45) is 0. The summed E-state index contributed by atoms with van der Waals surface area (Å²) >= 11 is 0. The van der Waals surface area contributed by atoms with Crippen molar-refractivity contribution in [3.8, 4) is 55.6 Å². The van der Waals surface area contributed by atoms with Gasteiger partial charge in [0.1, 0.15) is 0 Å². The van der Waals surface area contributed by atoms with Crippen LogP contribution in [0.2, 0.25) is 0 Å². The Balaban J connectivity index is 1.06. The second-order valence-electron chi connectivity index (χ2n) is 17.4. The maximum absolute atomic E-state index is 2.53. The van der Waals surface area contributed by atoms with Crippen LogP contribution in [-0.4, -0.2) is 0 Å². The average molecular weight is 756 g/mol. The van der Waals surface area contributed by atoms with Gasteiger partial charge in [-0.05, 0) is 125 Å². The summed E-state index contributed by atoms with van der Waals surface area (Å²) < 4.78 is 0. The molecule has 282 valence electrons. The molecule has 0 saturated carbocycles. The summed E-state index contributed by atoms with van der Waals surface area (Å²) in [5.41, 5.74) is 21.2. The Morgan fingerprint density at radius 1 is 0.322 bits per heavy atom. The second kappa shape index (κ2) is 13.3. The number of hydrogen-bond donors (Lipinski definition) is 0. The minimum absolute atomic E-state index is 0.142. The molecule has 0 N–H and O–H groups in total. The summed E-state index contributed by atoms with van der Waals surface area (Å²) in [5, 5.41) is 2.62. The van der Waals surface area contributed by atoms with Gasteiger partial charge in [0, 0.05) is 16.5 Å². The van der Waals surface area contributed by atoms with Crippen LogP contribution in [0.1, 0.15) is 49.9 Å². The molecule has 0 bridgehead atoms. The molecule has 9 aromatic carbocycles. The van der Waals surface area contributed by atoms with Crippen molar-refractivity contribution in [2.24, 2.45) is 0 Å². The van der Waals surface area contributed by atoms with Gasteiger partial charge in [0.25, 0.3) is 0 Å². The maximum atomic E-state index is 2.53. The van der Waals surface area contributed by atoms with Crippen LogP contribution in [0.15, 0.2) is 200 Å². The van der Waals surface area contributed by atoms with Crippen molar-refractivity contribution in [3.63, 3.8) is 0 Å². The minimum Gasteiger partial charge on any atom is -0.310 e. The predicted octanol–water partition coefficient (Wildman–Crippen LogP) is 15.9. The lowest BCUT2D eigenvalue weighted by Crippen LogP contribution is -2.31. The summed E-state index contributed by atoms with van der Waals surface area (Å²) in [7, 11) is 0. The van der Waals surface area contributed by atoms with E-state index in [2.05, 4.69) is 233 Å². The quantitative estimate of drug-likeness (QED) is 0.169. The van der Waals surface area contributed by atoms with Crippen molar-refractivity contribution < 1.29 is 0 Å². The molecule has 2 aliphatic rings. The fraction of sp³-hybridized carbons (Fsp3) is 0.103. The van der Waals surface area contributed by atoms with E-state index in [1.54, 1.807) is 0 Å². The van der Waals surface area contributed by atoms with Crippen LogP contribution in [0.3, 0.4) is 0 Å². The third-order valence-electron chi connectivity index (χ3n) is 13.3. The summed E-state index contributed by atoms with van der Waals surface area (Å²) in [4.78, 5) is 2.53. The average Bonchev–Trinajstić information content (AvgIpc) is 3.52. The molecule has 0 fully saturated rings. The van der Waals surface area contributed by atoms with Crippen LogP contribution in [0.4, 0.5) is 17.1 Å². The second-order valence-corrected chi connectivity index (χ2v) is 17.4. The largest absolute Gasteiger partial charge is 0.310 e. The zero-order valence-corrected chi connectivity index (χ0v) is 34.0. The van der Waals surface area contributed by atoms with Gasteiger partial charge in [0.2, 0.25) is 0 Å². The third-order valence-corrected chi connectivity index (χ3v) is 13.3. The van der Waals surface area contributed by atoms with Gasteiger partial charge in [0.15, 0.2) is 0 Å². The highest BCUT2D eigenvalue weighted by Gasteiger charge is 2.40. The Labute approximate surface area is 347 Å². The number of anilines is 3. The van der Waals surface area contributed by atoms with Gasteiger partial charge in [-0.15, -0.1) is 0 Å². The fourth-order valence-corrected chi connectivity index (χ4v) is 9.98. The van der Waals surface area contributed by atoms with Crippen molar-refractivity contribution in [1.29, 1.82) is 0 Å². The van der Waals surface area contributed by atoms with Crippen LogP contribution in [-0.2, 0) is 10.8 Å².